The lowest BCUT2D eigenvalue weighted by atomic mass is 10.2. The van der Waals surface area contributed by atoms with Crippen molar-refractivity contribution in [2.24, 2.45) is 0 Å². The second kappa shape index (κ2) is 9.03. The number of amides is 3. The Morgan fingerprint density at radius 3 is 2.25 bits per heavy atom. The van der Waals surface area contributed by atoms with Crippen LogP contribution in [0.4, 0.5) is 0 Å². The first-order valence-corrected chi connectivity index (χ1v) is 9.08. The molecular weight excluding hydrogens is 358 g/mol. The summed E-state index contributed by atoms with van der Waals surface area (Å²) in [5.41, 5.74) is 1.89. The highest BCUT2D eigenvalue weighted by atomic mass is 16.5. The Morgan fingerprint density at radius 1 is 0.929 bits per heavy atom. The van der Waals surface area contributed by atoms with Crippen LogP contribution in [-0.4, -0.2) is 54.3 Å². The molecule has 1 fully saturated rings. The zero-order valence-electron chi connectivity index (χ0n) is 15.8. The summed E-state index contributed by atoms with van der Waals surface area (Å²) in [6.07, 6.45) is 0. The molecule has 28 heavy (non-hydrogen) atoms. The number of methoxy groups -OCH3 is 1. The molecule has 0 bridgehead atoms. The quantitative estimate of drug-likeness (QED) is 0.731. The highest BCUT2D eigenvalue weighted by molar-refractivity contribution is 6.35. The average molecular weight is 381 g/mol. The van der Waals surface area contributed by atoms with Gasteiger partial charge in [-0.05, 0) is 23.3 Å². The van der Waals surface area contributed by atoms with Crippen LogP contribution in [0.3, 0.4) is 0 Å². The van der Waals surface area contributed by atoms with Crippen molar-refractivity contribution >= 4 is 17.7 Å². The van der Waals surface area contributed by atoms with Crippen LogP contribution in [0.15, 0.2) is 54.6 Å². The van der Waals surface area contributed by atoms with E-state index in [2.05, 4.69) is 5.32 Å². The fourth-order valence-electron chi connectivity index (χ4n) is 2.99. The molecule has 0 radical (unpaired) electrons. The molecule has 3 amide bonds. The molecule has 146 valence electrons. The molecule has 2 aromatic rings. The first-order chi connectivity index (χ1) is 13.6. The number of nitrogens with one attached hydrogen (secondary N) is 1. The van der Waals surface area contributed by atoms with Gasteiger partial charge in [-0.3, -0.25) is 14.4 Å². The van der Waals surface area contributed by atoms with Gasteiger partial charge in [0.1, 0.15) is 12.3 Å². The average Bonchev–Trinajstić information content (AvgIpc) is 2.73. The highest BCUT2D eigenvalue weighted by Gasteiger charge is 2.33. The van der Waals surface area contributed by atoms with Gasteiger partial charge in [-0.15, -0.1) is 0 Å². The van der Waals surface area contributed by atoms with Crippen molar-refractivity contribution in [3.63, 3.8) is 0 Å². The fraction of sp³-hybridized carbons (Fsp3) is 0.286. The second-order valence-corrected chi connectivity index (χ2v) is 6.56. The van der Waals surface area contributed by atoms with Crippen molar-refractivity contribution in [1.82, 2.24) is 15.1 Å². The number of rotatable bonds is 7. The Bertz CT molecular complexity index is 836. The lowest BCUT2D eigenvalue weighted by molar-refractivity contribution is -0.157. The van der Waals surface area contributed by atoms with Crippen LogP contribution < -0.4 is 10.1 Å². The summed E-state index contributed by atoms with van der Waals surface area (Å²) in [5.74, 6) is -0.763. The summed E-state index contributed by atoms with van der Waals surface area (Å²) >= 11 is 0. The van der Waals surface area contributed by atoms with E-state index < -0.39 is 11.8 Å². The Hall–Kier alpha value is -3.35. The lowest BCUT2D eigenvalue weighted by Crippen LogP contribution is -2.55. The van der Waals surface area contributed by atoms with Gasteiger partial charge in [0.05, 0.1) is 7.11 Å². The molecule has 3 rings (SSSR count). The molecule has 0 atom stereocenters. The minimum atomic E-state index is -0.637. The number of carbonyl (C=O) groups is 3. The number of piperazine rings is 1. The van der Waals surface area contributed by atoms with E-state index in [1.54, 1.807) is 7.11 Å². The van der Waals surface area contributed by atoms with Crippen LogP contribution in [0, 0.1) is 0 Å². The maximum absolute atomic E-state index is 12.4. The first kappa shape index (κ1) is 19.4. The van der Waals surface area contributed by atoms with Crippen LogP contribution in [0.25, 0.3) is 0 Å². The Labute approximate surface area is 163 Å². The summed E-state index contributed by atoms with van der Waals surface area (Å²) in [5, 5.41) is 2.77. The highest BCUT2D eigenvalue weighted by Crippen LogP contribution is 2.12. The molecule has 1 heterocycles. The van der Waals surface area contributed by atoms with Crippen LogP contribution in [0.2, 0.25) is 0 Å². The van der Waals surface area contributed by atoms with Gasteiger partial charge in [-0.1, -0.05) is 42.5 Å². The fourth-order valence-corrected chi connectivity index (χ4v) is 2.99. The lowest BCUT2D eigenvalue weighted by Gasteiger charge is -2.33. The standard InChI is InChI=1S/C21H23N3O4/c1-28-18-9-7-16(8-10-18)13-22-19(25)15-24-12-11-23(20(26)21(24)27)14-17-5-3-2-4-6-17/h2-10H,11-15H2,1H3,(H,22,25). The van der Waals surface area contributed by atoms with Crippen LogP contribution in [0.1, 0.15) is 11.1 Å². The third kappa shape index (κ3) is 4.88. The van der Waals surface area contributed by atoms with E-state index in [0.29, 0.717) is 26.2 Å². The number of carbonyl (C=O) groups excluding carboxylic acids is 3. The molecule has 1 aliphatic rings. The number of hydrogen-bond donors (Lipinski definition) is 1. The minimum Gasteiger partial charge on any atom is -0.497 e. The third-order valence-corrected chi connectivity index (χ3v) is 4.60. The van der Waals surface area contributed by atoms with Gasteiger partial charge in [0.15, 0.2) is 0 Å². The zero-order chi connectivity index (χ0) is 19.9. The topological polar surface area (TPSA) is 79.0 Å². The SMILES string of the molecule is COc1ccc(CNC(=O)CN2CCN(Cc3ccccc3)C(=O)C2=O)cc1. The van der Waals surface area contributed by atoms with E-state index in [0.717, 1.165) is 16.9 Å². The van der Waals surface area contributed by atoms with Gasteiger partial charge in [0, 0.05) is 26.2 Å². The molecule has 1 N–H and O–H groups in total. The molecule has 2 aromatic carbocycles. The van der Waals surface area contributed by atoms with Crippen LogP contribution in [0.5, 0.6) is 5.75 Å². The van der Waals surface area contributed by atoms with Crippen LogP contribution in [-0.2, 0) is 27.5 Å². The van der Waals surface area contributed by atoms with Crippen molar-refractivity contribution < 1.29 is 19.1 Å². The van der Waals surface area contributed by atoms with Gasteiger partial charge in [0.25, 0.3) is 0 Å². The van der Waals surface area contributed by atoms with Gasteiger partial charge >= 0.3 is 11.8 Å². The number of benzene rings is 2. The maximum Gasteiger partial charge on any atom is 0.312 e. The Kier molecular flexibility index (Phi) is 6.26. The van der Waals surface area contributed by atoms with Crippen LogP contribution >= 0.6 is 0 Å². The largest absolute Gasteiger partial charge is 0.497 e. The molecule has 7 heteroatoms. The van der Waals surface area contributed by atoms with E-state index >= 15 is 0 Å². The summed E-state index contributed by atoms with van der Waals surface area (Å²) in [4.78, 5) is 39.7. The predicted molar refractivity (Wildman–Crippen MR) is 103 cm³/mol. The van der Waals surface area contributed by atoms with Gasteiger partial charge in [0.2, 0.25) is 5.91 Å². The third-order valence-electron chi connectivity index (χ3n) is 4.60. The van der Waals surface area contributed by atoms with Crippen molar-refractivity contribution in [3.05, 3.63) is 65.7 Å². The normalized spacial score (nSPS) is 14.2. The summed E-state index contributed by atoms with van der Waals surface area (Å²) in [6.45, 7) is 1.36. The summed E-state index contributed by atoms with van der Waals surface area (Å²) in [7, 11) is 1.59. The van der Waals surface area contributed by atoms with E-state index in [1.807, 2.05) is 54.6 Å². The molecule has 7 nitrogen and oxygen atoms in total. The van der Waals surface area contributed by atoms with Crippen molar-refractivity contribution in [2.75, 3.05) is 26.7 Å². The Morgan fingerprint density at radius 2 is 1.57 bits per heavy atom. The smallest absolute Gasteiger partial charge is 0.312 e. The zero-order valence-corrected chi connectivity index (χ0v) is 15.8. The van der Waals surface area contributed by atoms with Gasteiger partial charge in [-0.25, -0.2) is 0 Å². The monoisotopic (exact) mass is 381 g/mol. The summed E-state index contributed by atoms with van der Waals surface area (Å²) < 4.78 is 5.10. The maximum atomic E-state index is 12.4. The molecule has 0 spiro atoms. The molecule has 0 aromatic heterocycles. The van der Waals surface area contributed by atoms with Crippen molar-refractivity contribution in [2.45, 2.75) is 13.1 Å². The van der Waals surface area contributed by atoms with E-state index in [4.69, 9.17) is 4.74 Å². The number of ether oxygens (including phenoxy) is 1. The van der Waals surface area contributed by atoms with Crippen molar-refractivity contribution in [1.29, 1.82) is 0 Å². The first-order valence-electron chi connectivity index (χ1n) is 9.08. The second-order valence-electron chi connectivity index (χ2n) is 6.56. The Balaban J connectivity index is 1.48. The molecule has 0 unspecified atom stereocenters. The molecular formula is C21H23N3O4. The predicted octanol–water partition coefficient (Wildman–Crippen LogP) is 1.18. The molecule has 0 saturated carbocycles. The molecule has 1 aliphatic heterocycles. The van der Waals surface area contributed by atoms with E-state index in [-0.39, 0.29) is 12.5 Å². The van der Waals surface area contributed by atoms with E-state index in [9.17, 15) is 14.4 Å². The number of nitrogens with zero attached hydrogens (tertiary/aromatic N) is 2. The van der Waals surface area contributed by atoms with Gasteiger partial charge in [-0.2, -0.15) is 0 Å². The molecule has 1 saturated heterocycles. The minimum absolute atomic E-state index is 0.125. The molecule has 0 aliphatic carbocycles. The van der Waals surface area contributed by atoms with E-state index in [1.165, 1.54) is 9.80 Å². The van der Waals surface area contributed by atoms with Gasteiger partial charge < -0.3 is 19.9 Å². The van der Waals surface area contributed by atoms with Crippen molar-refractivity contribution in [3.8, 4) is 5.75 Å². The summed E-state index contributed by atoms with van der Waals surface area (Å²) in [6, 6.07) is 16.9. The number of hydrogen-bond acceptors (Lipinski definition) is 4.